The summed E-state index contributed by atoms with van der Waals surface area (Å²) in [6.45, 7) is 3.33. The van der Waals surface area contributed by atoms with Gasteiger partial charge in [-0.1, -0.05) is 11.6 Å². The Morgan fingerprint density at radius 1 is 1.61 bits per heavy atom. The summed E-state index contributed by atoms with van der Waals surface area (Å²) in [6.07, 6.45) is 8.48. The molecule has 5 nitrogen and oxygen atoms in total. The number of nitrogens with zero attached hydrogens (tertiary/aromatic N) is 2. The van der Waals surface area contributed by atoms with Crippen LogP contribution in [0.25, 0.3) is 0 Å². The van der Waals surface area contributed by atoms with E-state index in [-0.39, 0.29) is 5.91 Å². The maximum atomic E-state index is 11.9. The van der Waals surface area contributed by atoms with Gasteiger partial charge in [-0.2, -0.15) is 5.10 Å². The van der Waals surface area contributed by atoms with Crippen LogP contribution < -0.4 is 11.1 Å². The number of hydrogen-bond donors (Lipinski definition) is 2. The largest absolute Gasteiger partial charge is 0.396 e. The lowest BCUT2D eigenvalue weighted by Gasteiger charge is -2.04. The van der Waals surface area contributed by atoms with Crippen LogP contribution in [0.4, 0.5) is 5.69 Å². The van der Waals surface area contributed by atoms with Gasteiger partial charge in [-0.05, 0) is 32.6 Å². The highest BCUT2D eigenvalue weighted by molar-refractivity contribution is 5.96. The standard InChI is InChI=1S/C13H20N4O/c1-2-17-9-11(14)12(16-17)13(18)15-8-7-10-5-3-4-6-10/h5,9H,2-4,6-8,14H2,1H3,(H,15,18). The van der Waals surface area contributed by atoms with Gasteiger partial charge in [0.15, 0.2) is 5.69 Å². The molecule has 0 aliphatic heterocycles. The second-order valence-electron chi connectivity index (χ2n) is 4.55. The van der Waals surface area contributed by atoms with Crippen molar-refractivity contribution in [1.82, 2.24) is 15.1 Å². The smallest absolute Gasteiger partial charge is 0.273 e. The molecule has 1 heterocycles. The molecule has 1 aromatic rings. The second kappa shape index (κ2) is 5.71. The highest BCUT2D eigenvalue weighted by atomic mass is 16.1. The van der Waals surface area contributed by atoms with Crippen molar-refractivity contribution in [2.24, 2.45) is 0 Å². The molecule has 98 valence electrons. The first-order valence-corrected chi connectivity index (χ1v) is 6.49. The van der Waals surface area contributed by atoms with Crippen LogP contribution in [0, 0.1) is 0 Å². The van der Waals surface area contributed by atoms with E-state index in [9.17, 15) is 4.79 Å². The van der Waals surface area contributed by atoms with E-state index in [0.717, 1.165) is 6.42 Å². The minimum atomic E-state index is -0.182. The number of amides is 1. The van der Waals surface area contributed by atoms with Crippen LogP contribution in [0.2, 0.25) is 0 Å². The number of rotatable bonds is 5. The summed E-state index contributed by atoms with van der Waals surface area (Å²) >= 11 is 0. The van der Waals surface area contributed by atoms with Crippen molar-refractivity contribution in [3.05, 3.63) is 23.5 Å². The average Bonchev–Trinajstić information content (AvgIpc) is 2.98. The summed E-state index contributed by atoms with van der Waals surface area (Å²) in [4.78, 5) is 11.9. The minimum absolute atomic E-state index is 0.182. The molecule has 1 aliphatic carbocycles. The van der Waals surface area contributed by atoms with Gasteiger partial charge in [0.2, 0.25) is 0 Å². The molecule has 0 fully saturated rings. The van der Waals surface area contributed by atoms with Crippen LogP contribution in [0.3, 0.4) is 0 Å². The topological polar surface area (TPSA) is 72.9 Å². The van der Waals surface area contributed by atoms with Crippen molar-refractivity contribution in [3.8, 4) is 0 Å². The van der Waals surface area contributed by atoms with Gasteiger partial charge < -0.3 is 11.1 Å². The normalized spacial score (nSPS) is 14.6. The van der Waals surface area contributed by atoms with E-state index in [0.29, 0.717) is 24.5 Å². The fraction of sp³-hybridized carbons (Fsp3) is 0.538. The number of aromatic nitrogens is 2. The fourth-order valence-corrected chi connectivity index (χ4v) is 2.16. The van der Waals surface area contributed by atoms with E-state index in [1.807, 2.05) is 6.92 Å². The molecular weight excluding hydrogens is 228 g/mol. The molecule has 1 aromatic heterocycles. The lowest BCUT2D eigenvalue weighted by molar-refractivity contribution is 0.0949. The van der Waals surface area contributed by atoms with Crippen LogP contribution in [-0.2, 0) is 6.54 Å². The van der Waals surface area contributed by atoms with Gasteiger partial charge in [-0.3, -0.25) is 9.48 Å². The first-order valence-electron chi connectivity index (χ1n) is 6.49. The Bertz CT molecular complexity index is 462. The van der Waals surface area contributed by atoms with Crippen molar-refractivity contribution in [3.63, 3.8) is 0 Å². The predicted molar refractivity (Wildman–Crippen MR) is 71.2 cm³/mol. The molecule has 0 saturated carbocycles. The third kappa shape index (κ3) is 2.91. The van der Waals surface area contributed by atoms with E-state index in [1.54, 1.807) is 10.9 Å². The number of nitrogen functional groups attached to an aromatic ring is 1. The van der Waals surface area contributed by atoms with Crippen LogP contribution in [-0.4, -0.2) is 22.2 Å². The summed E-state index contributed by atoms with van der Waals surface area (Å²) in [5.41, 5.74) is 7.97. The van der Waals surface area contributed by atoms with Crippen LogP contribution in [0.1, 0.15) is 43.1 Å². The van der Waals surface area contributed by atoms with Gasteiger partial charge in [0.1, 0.15) is 0 Å². The lowest BCUT2D eigenvalue weighted by Crippen LogP contribution is -2.26. The molecule has 5 heteroatoms. The predicted octanol–water partition coefficient (Wildman–Crippen LogP) is 1.72. The molecule has 18 heavy (non-hydrogen) atoms. The van der Waals surface area contributed by atoms with Crippen LogP contribution in [0.5, 0.6) is 0 Å². The Kier molecular flexibility index (Phi) is 4.02. The Balaban J connectivity index is 1.85. The van der Waals surface area contributed by atoms with Crippen LogP contribution >= 0.6 is 0 Å². The van der Waals surface area contributed by atoms with Crippen molar-refractivity contribution < 1.29 is 4.79 Å². The van der Waals surface area contributed by atoms with Gasteiger partial charge in [0.05, 0.1) is 5.69 Å². The first-order chi connectivity index (χ1) is 8.70. The molecule has 0 spiro atoms. The Labute approximate surface area is 107 Å². The van der Waals surface area contributed by atoms with Crippen molar-refractivity contribution in [2.45, 2.75) is 39.2 Å². The Morgan fingerprint density at radius 3 is 3.06 bits per heavy atom. The zero-order valence-electron chi connectivity index (χ0n) is 10.8. The maximum absolute atomic E-state index is 11.9. The number of aryl methyl sites for hydroxylation is 1. The first kappa shape index (κ1) is 12.7. The molecule has 1 amide bonds. The van der Waals surface area contributed by atoms with E-state index >= 15 is 0 Å². The third-order valence-corrected chi connectivity index (χ3v) is 3.20. The monoisotopic (exact) mass is 248 g/mol. The number of nitrogens with one attached hydrogen (secondary N) is 1. The SMILES string of the molecule is CCn1cc(N)c(C(=O)NCCC2=CCCC2)n1. The van der Waals surface area contributed by atoms with Gasteiger partial charge in [0.25, 0.3) is 5.91 Å². The average molecular weight is 248 g/mol. The number of hydrogen-bond acceptors (Lipinski definition) is 3. The van der Waals surface area contributed by atoms with Crippen molar-refractivity contribution in [2.75, 3.05) is 12.3 Å². The molecule has 1 aliphatic rings. The quantitative estimate of drug-likeness (QED) is 0.779. The number of carbonyl (C=O) groups excluding carboxylic acids is 1. The number of nitrogens with two attached hydrogens (primary N) is 1. The zero-order valence-corrected chi connectivity index (χ0v) is 10.8. The number of anilines is 1. The Hall–Kier alpha value is -1.78. The van der Waals surface area contributed by atoms with Crippen molar-refractivity contribution in [1.29, 1.82) is 0 Å². The molecule has 0 radical (unpaired) electrons. The maximum Gasteiger partial charge on any atom is 0.273 e. The van der Waals surface area contributed by atoms with Gasteiger partial charge in [0, 0.05) is 19.3 Å². The minimum Gasteiger partial charge on any atom is -0.396 e. The van der Waals surface area contributed by atoms with Gasteiger partial charge in [-0.25, -0.2) is 0 Å². The molecule has 0 saturated heterocycles. The van der Waals surface area contributed by atoms with Crippen molar-refractivity contribution >= 4 is 11.6 Å². The fourth-order valence-electron chi connectivity index (χ4n) is 2.16. The van der Waals surface area contributed by atoms with E-state index in [2.05, 4.69) is 16.5 Å². The summed E-state index contributed by atoms with van der Waals surface area (Å²) < 4.78 is 1.67. The highest BCUT2D eigenvalue weighted by Crippen LogP contribution is 2.19. The summed E-state index contributed by atoms with van der Waals surface area (Å²) in [6, 6.07) is 0. The second-order valence-corrected chi connectivity index (χ2v) is 4.55. The molecule has 0 unspecified atom stereocenters. The number of allylic oxidation sites excluding steroid dienone is 1. The zero-order chi connectivity index (χ0) is 13.0. The summed E-state index contributed by atoms with van der Waals surface area (Å²) in [5.74, 6) is -0.182. The van der Waals surface area contributed by atoms with E-state index in [1.165, 1.54) is 24.8 Å². The number of carbonyl (C=O) groups is 1. The molecule has 3 N–H and O–H groups in total. The van der Waals surface area contributed by atoms with E-state index < -0.39 is 0 Å². The lowest BCUT2D eigenvalue weighted by atomic mass is 10.2. The van der Waals surface area contributed by atoms with Crippen LogP contribution in [0.15, 0.2) is 17.8 Å². The summed E-state index contributed by atoms with van der Waals surface area (Å²) in [7, 11) is 0. The van der Waals surface area contributed by atoms with Gasteiger partial charge in [-0.15, -0.1) is 0 Å². The molecule has 0 aromatic carbocycles. The van der Waals surface area contributed by atoms with Gasteiger partial charge >= 0.3 is 0 Å². The summed E-state index contributed by atoms with van der Waals surface area (Å²) in [5, 5.41) is 7.01. The molecule has 0 bridgehead atoms. The molecular formula is C13H20N4O. The van der Waals surface area contributed by atoms with E-state index in [4.69, 9.17) is 5.73 Å². The Morgan fingerprint density at radius 2 is 2.44 bits per heavy atom. The highest BCUT2D eigenvalue weighted by Gasteiger charge is 2.14. The third-order valence-electron chi connectivity index (χ3n) is 3.20. The molecule has 2 rings (SSSR count). The molecule has 0 atom stereocenters.